The SMILES string of the molecule is CCCOc1cccc(NCCCCN)c1[N+](=O)[O-]. The number of nitro benzene ring substituents is 1. The van der Waals surface area contributed by atoms with Crippen molar-refractivity contribution in [2.75, 3.05) is 25.0 Å². The third-order valence-electron chi connectivity index (χ3n) is 2.59. The summed E-state index contributed by atoms with van der Waals surface area (Å²) in [6, 6.07) is 5.07. The molecule has 3 N–H and O–H groups in total. The Hall–Kier alpha value is -1.82. The zero-order valence-corrected chi connectivity index (χ0v) is 11.2. The molecule has 0 aromatic heterocycles. The number of hydrogen-bond donors (Lipinski definition) is 2. The molecule has 0 aliphatic carbocycles. The summed E-state index contributed by atoms with van der Waals surface area (Å²) in [7, 11) is 0. The smallest absolute Gasteiger partial charge is 0.333 e. The summed E-state index contributed by atoms with van der Waals surface area (Å²) in [6.45, 7) is 3.72. The van der Waals surface area contributed by atoms with E-state index in [0.717, 1.165) is 19.3 Å². The van der Waals surface area contributed by atoms with E-state index in [1.807, 2.05) is 6.92 Å². The van der Waals surface area contributed by atoms with Gasteiger partial charge in [-0.05, 0) is 37.9 Å². The molecule has 0 radical (unpaired) electrons. The van der Waals surface area contributed by atoms with Gasteiger partial charge in [0, 0.05) is 6.54 Å². The molecular weight excluding hydrogens is 246 g/mol. The van der Waals surface area contributed by atoms with Gasteiger partial charge in [0.2, 0.25) is 0 Å². The fraction of sp³-hybridized carbons (Fsp3) is 0.538. The van der Waals surface area contributed by atoms with Crippen LogP contribution < -0.4 is 15.8 Å². The number of nitrogens with one attached hydrogen (secondary N) is 1. The number of rotatable bonds is 9. The van der Waals surface area contributed by atoms with E-state index in [1.165, 1.54) is 0 Å². The number of para-hydroxylation sites is 1. The number of benzene rings is 1. The first-order chi connectivity index (χ1) is 9.20. The maximum absolute atomic E-state index is 11.2. The van der Waals surface area contributed by atoms with Crippen LogP contribution in [0.1, 0.15) is 26.2 Å². The third kappa shape index (κ3) is 4.75. The van der Waals surface area contributed by atoms with E-state index in [1.54, 1.807) is 18.2 Å². The lowest BCUT2D eigenvalue weighted by molar-refractivity contribution is -0.385. The van der Waals surface area contributed by atoms with Gasteiger partial charge in [-0.3, -0.25) is 10.1 Å². The normalized spacial score (nSPS) is 10.2. The lowest BCUT2D eigenvalue weighted by Gasteiger charge is -2.10. The molecule has 1 aromatic rings. The molecule has 6 heteroatoms. The van der Waals surface area contributed by atoms with Gasteiger partial charge in [-0.15, -0.1) is 0 Å². The summed E-state index contributed by atoms with van der Waals surface area (Å²) < 4.78 is 5.41. The number of nitro groups is 1. The molecule has 19 heavy (non-hydrogen) atoms. The highest BCUT2D eigenvalue weighted by molar-refractivity contribution is 5.68. The van der Waals surface area contributed by atoms with Crippen LogP contribution in [0.5, 0.6) is 5.75 Å². The van der Waals surface area contributed by atoms with Crippen molar-refractivity contribution in [1.82, 2.24) is 0 Å². The molecule has 0 aliphatic heterocycles. The highest BCUT2D eigenvalue weighted by Crippen LogP contribution is 2.34. The molecule has 0 spiro atoms. The van der Waals surface area contributed by atoms with Gasteiger partial charge < -0.3 is 15.8 Å². The largest absolute Gasteiger partial charge is 0.487 e. The van der Waals surface area contributed by atoms with Gasteiger partial charge in [0.15, 0.2) is 5.75 Å². The molecule has 0 saturated heterocycles. The maximum atomic E-state index is 11.2. The third-order valence-corrected chi connectivity index (χ3v) is 2.59. The highest BCUT2D eigenvalue weighted by Gasteiger charge is 2.20. The fourth-order valence-corrected chi connectivity index (χ4v) is 1.67. The van der Waals surface area contributed by atoms with Crippen LogP contribution in [0, 0.1) is 10.1 Å². The van der Waals surface area contributed by atoms with E-state index in [-0.39, 0.29) is 5.69 Å². The van der Waals surface area contributed by atoms with Crippen LogP contribution >= 0.6 is 0 Å². The molecule has 0 atom stereocenters. The number of hydrogen-bond acceptors (Lipinski definition) is 5. The van der Waals surface area contributed by atoms with Gasteiger partial charge in [-0.25, -0.2) is 0 Å². The minimum Gasteiger partial charge on any atom is -0.487 e. The van der Waals surface area contributed by atoms with Gasteiger partial charge in [0.25, 0.3) is 0 Å². The summed E-state index contributed by atoms with van der Waals surface area (Å²) in [5.74, 6) is 0.315. The minimum absolute atomic E-state index is 0.00342. The van der Waals surface area contributed by atoms with Gasteiger partial charge in [0.1, 0.15) is 5.69 Å². The van der Waals surface area contributed by atoms with Gasteiger partial charge in [0.05, 0.1) is 11.5 Å². The van der Waals surface area contributed by atoms with Crippen molar-refractivity contribution in [2.24, 2.45) is 5.73 Å². The first-order valence-electron chi connectivity index (χ1n) is 6.54. The zero-order valence-electron chi connectivity index (χ0n) is 11.2. The minimum atomic E-state index is -0.406. The molecule has 0 heterocycles. The van der Waals surface area contributed by atoms with Crippen LogP contribution in [0.4, 0.5) is 11.4 Å². The lowest BCUT2D eigenvalue weighted by Crippen LogP contribution is -2.08. The molecule has 106 valence electrons. The van der Waals surface area contributed by atoms with Gasteiger partial charge in [-0.2, -0.15) is 0 Å². The molecule has 0 bridgehead atoms. The van der Waals surface area contributed by atoms with Crippen molar-refractivity contribution < 1.29 is 9.66 Å². The number of ether oxygens (including phenoxy) is 1. The summed E-state index contributed by atoms with van der Waals surface area (Å²) in [4.78, 5) is 10.8. The predicted molar refractivity (Wildman–Crippen MR) is 75.7 cm³/mol. The molecule has 0 fully saturated rings. The van der Waals surface area contributed by atoms with Gasteiger partial charge in [-0.1, -0.05) is 13.0 Å². The Morgan fingerprint density at radius 1 is 1.42 bits per heavy atom. The molecule has 1 aromatic carbocycles. The average molecular weight is 267 g/mol. The predicted octanol–water partition coefficient (Wildman–Crippen LogP) is 2.53. The van der Waals surface area contributed by atoms with Crippen molar-refractivity contribution >= 4 is 11.4 Å². The maximum Gasteiger partial charge on any atom is 0.333 e. The lowest BCUT2D eigenvalue weighted by atomic mass is 10.2. The Morgan fingerprint density at radius 2 is 2.21 bits per heavy atom. The van der Waals surface area contributed by atoms with E-state index in [0.29, 0.717) is 31.1 Å². The quantitative estimate of drug-likeness (QED) is 0.407. The highest BCUT2D eigenvalue weighted by atomic mass is 16.6. The van der Waals surface area contributed by atoms with Crippen LogP contribution in [-0.2, 0) is 0 Å². The monoisotopic (exact) mass is 267 g/mol. The average Bonchev–Trinajstić information content (AvgIpc) is 2.41. The van der Waals surface area contributed by atoms with Crippen molar-refractivity contribution in [3.63, 3.8) is 0 Å². The van der Waals surface area contributed by atoms with Crippen LogP contribution in [0.15, 0.2) is 18.2 Å². The summed E-state index contributed by atoms with van der Waals surface area (Å²) in [5, 5.41) is 14.2. The number of unbranched alkanes of at least 4 members (excludes halogenated alkanes) is 1. The Balaban J connectivity index is 2.80. The fourth-order valence-electron chi connectivity index (χ4n) is 1.67. The van der Waals surface area contributed by atoms with E-state index < -0.39 is 4.92 Å². The summed E-state index contributed by atoms with van der Waals surface area (Å²) >= 11 is 0. The second-order valence-corrected chi connectivity index (χ2v) is 4.18. The van der Waals surface area contributed by atoms with Crippen LogP contribution in [0.3, 0.4) is 0 Å². The Bertz CT molecular complexity index is 410. The van der Waals surface area contributed by atoms with E-state index in [9.17, 15) is 10.1 Å². The molecule has 6 nitrogen and oxygen atoms in total. The molecule has 0 saturated carbocycles. The van der Waals surface area contributed by atoms with Gasteiger partial charge >= 0.3 is 5.69 Å². The summed E-state index contributed by atoms with van der Waals surface area (Å²) in [6.07, 6.45) is 2.59. The van der Waals surface area contributed by atoms with E-state index in [4.69, 9.17) is 10.5 Å². The Kier molecular flexibility index (Phi) is 6.67. The van der Waals surface area contributed by atoms with Crippen LogP contribution in [0.2, 0.25) is 0 Å². The molecule has 0 aliphatic rings. The van der Waals surface area contributed by atoms with E-state index in [2.05, 4.69) is 5.32 Å². The molecule has 0 unspecified atom stereocenters. The first-order valence-corrected chi connectivity index (χ1v) is 6.54. The van der Waals surface area contributed by atoms with E-state index >= 15 is 0 Å². The second-order valence-electron chi connectivity index (χ2n) is 4.18. The number of anilines is 1. The van der Waals surface area contributed by atoms with Crippen LogP contribution in [-0.4, -0.2) is 24.6 Å². The molecule has 0 amide bonds. The molecule has 1 rings (SSSR count). The second kappa shape index (κ2) is 8.31. The number of nitrogens with zero attached hydrogens (tertiary/aromatic N) is 1. The van der Waals surface area contributed by atoms with Crippen molar-refractivity contribution in [1.29, 1.82) is 0 Å². The summed E-state index contributed by atoms with van der Waals surface area (Å²) in [5.41, 5.74) is 5.91. The van der Waals surface area contributed by atoms with Crippen molar-refractivity contribution in [2.45, 2.75) is 26.2 Å². The molecular formula is C13H21N3O3. The zero-order chi connectivity index (χ0) is 14.1. The first kappa shape index (κ1) is 15.2. The Morgan fingerprint density at radius 3 is 2.84 bits per heavy atom. The van der Waals surface area contributed by atoms with Crippen LogP contribution in [0.25, 0.3) is 0 Å². The van der Waals surface area contributed by atoms with Crippen molar-refractivity contribution in [3.8, 4) is 5.75 Å². The number of nitrogens with two attached hydrogens (primary N) is 1. The standard InChI is InChI=1S/C13H21N3O3/c1-2-10-19-12-7-5-6-11(13(12)16(17)18)15-9-4-3-8-14/h5-7,15H,2-4,8-10,14H2,1H3. The topological polar surface area (TPSA) is 90.4 Å². The van der Waals surface area contributed by atoms with Crippen molar-refractivity contribution in [3.05, 3.63) is 28.3 Å². The Labute approximate surface area is 113 Å².